The normalized spacial score (nSPS) is 10.5. The van der Waals surface area contributed by atoms with Gasteiger partial charge in [0.1, 0.15) is 0 Å². The maximum atomic E-state index is 3.09. The summed E-state index contributed by atoms with van der Waals surface area (Å²) in [6.45, 7) is 4.27. The highest BCUT2D eigenvalue weighted by Crippen LogP contribution is 2.19. The van der Waals surface area contributed by atoms with Crippen molar-refractivity contribution in [3.05, 3.63) is 47.5 Å². The molecule has 0 amide bonds. The Morgan fingerprint density at radius 2 is 2.00 bits per heavy atom. The van der Waals surface area contributed by atoms with E-state index in [1.54, 1.807) is 0 Å². The Kier molecular flexibility index (Phi) is 1.61. The van der Waals surface area contributed by atoms with E-state index in [1.165, 1.54) is 21.9 Å². The van der Waals surface area contributed by atoms with Gasteiger partial charge in [-0.2, -0.15) is 0 Å². The number of aryl methyl sites for hydroxylation is 2. The molecule has 0 unspecified atom stereocenters. The molecule has 1 radical (unpaired) electrons. The van der Waals surface area contributed by atoms with Crippen LogP contribution in [-0.4, -0.2) is 0 Å². The van der Waals surface area contributed by atoms with Gasteiger partial charge in [-0.1, -0.05) is 29.8 Å². The van der Waals surface area contributed by atoms with E-state index >= 15 is 0 Å². The number of rotatable bonds is 0. The van der Waals surface area contributed by atoms with Crippen molar-refractivity contribution in [3.63, 3.8) is 0 Å². The summed E-state index contributed by atoms with van der Waals surface area (Å²) in [5, 5.41) is 2.62. The molecule has 0 heteroatoms. The third-order valence-corrected chi connectivity index (χ3v) is 2.15. The van der Waals surface area contributed by atoms with Gasteiger partial charge in [-0.15, -0.1) is 0 Å². The van der Waals surface area contributed by atoms with E-state index in [-0.39, 0.29) is 0 Å². The molecule has 0 saturated carbocycles. The molecule has 2 aromatic rings. The van der Waals surface area contributed by atoms with Gasteiger partial charge in [-0.25, -0.2) is 0 Å². The predicted molar refractivity (Wildman–Crippen MR) is 52.3 cm³/mol. The lowest BCUT2D eigenvalue weighted by molar-refractivity contribution is 1.43. The summed E-state index contributed by atoms with van der Waals surface area (Å²) in [6, 6.07) is 13.6. The topological polar surface area (TPSA) is 0 Å². The lowest BCUT2D eigenvalue weighted by Gasteiger charge is -2.02. The lowest BCUT2D eigenvalue weighted by atomic mass is 10.0. The largest absolute Gasteiger partial charge is 0.0557 e. The second kappa shape index (κ2) is 2.63. The molecule has 0 aliphatic rings. The van der Waals surface area contributed by atoms with Crippen LogP contribution in [0.5, 0.6) is 0 Å². The Morgan fingerprint density at radius 3 is 2.83 bits per heavy atom. The Hall–Kier alpha value is -1.30. The monoisotopic (exact) mass is 155 g/mol. The summed E-state index contributed by atoms with van der Waals surface area (Å²) >= 11 is 0. The fourth-order valence-electron chi connectivity index (χ4n) is 1.63. The van der Waals surface area contributed by atoms with Gasteiger partial charge in [0.05, 0.1) is 0 Å². The van der Waals surface area contributed by atoms with E-state index in [2.05, 4.69) is 38.1 Å². The molecule has 0 nitrogen and oxygen atoms in total. The van der Waals surface area contributed by atoms with Crippen LogP contribution < -0.4 is 0 Å². The first kappa shape index (κ1) is 7.35. The van der Waals surface area contributed by atoms with E-state index in [4.69, 9.17) is 0 Å². The van der Waals surface area contributed by atoms with Crippen molar-refractivity contribution in [2.45, 2.75) is 13.8 Å². The van der Waals surface area contributed by atoms with Crippen molar-refractivity contribution in [1.29, 1.82) is 0 Å². The molecule has 0 N–H and O–H groups in total. The first-order valence-corrected chi connectivity index (χ1v) is 4.14. The van der Waals surface area contributed by atoms with Crippen LogP contribution in [0.3, 0.4) is 0 Å². The highest BCUT2D eigenvalue weighted by atomic mass is 14.0. The fraction of sp³-hybridized carbons (Fsp3) is 0.167. The van der Waals surface area contributed by atoms with Gasteiger partial charge in [0, 0.05) is 0 Å². The zero-order valence-corrected chi connectivity index (χ0v) is 7.39. The van der Waals surface area contributed by atoms with E-state index in [0.717, 1.165) is 0 Å². The van der Waals surface area contributed by atoms with E-state index in [1.807, 2.05) is 12.1 Å². The first-order valence-electron chi connectivity index (χ1n) is 4.14. The molecule has 0 heterocycles. The molecular formula is C12H11. The van der Waals surface area contributed by atoms with Crippen molar-refractivity contribution in [2.75, 3.05) is 0 Å². The predicted octanol–water partition coefficient (Wildman–Crippen LogP) is 3.26. The zero-order chi connectivity index (χ0) is 8.55. The van der Waals surface area contributed by atoms with Crippen LogP contribution in [0.15, 0.2) is 30.3 Å². The summed E-state index contributed by atoms with van der Waals surface area (Å²) in [4.78, 5) is 0. The van der Waals surface area contributed by atoms with Crippen LogP contribution in [-0.2, 0) is 0 Å². The third kappa shape index (κ3) is 1.10. The van der Waals surface area contributed by atoms with E-state index in [9.17, 15) is 0 Å². The average Bonchev–Trinajstić information content (AvgIpc) is 2.04. The summed E-state index contributed by atoms with van der Waals surface area (Å²) in [5.41, 5.74) is 2.67. The molecule has 0 spiro atoms. The number of benzene rings is 2. The van der Waals surface area contributed by atoms with Crippen molar-refractivity contribution < 1.29 is 0 Å². The van der Waals surface area contributed by atoms with Crippen molar-refractivity contribution in [3.8, 4) is 0 Å². The Morgan fingerprint density at radius 1 is 1.17 bits per heavy atom. The summed E-state index contributed by atoms with van der Waals surface area (Å²) in [7, 11) is 0. The van der Waals surface area contributed by atoms with Crippen molar-refractivity contribution >= 4 is 10.8 Å². The van der Waals surface area contributed by atoms with Crippen LogP contribution in [0.25, 0.3) is 10.8 Å². The van der Waals surface area contributed by atoms with Gasteiger partial charge in [-0.05, 0) is 42.3 Å². The molecule has 59 valence electrons. The molecule has 0 fully saturated rings. The first-order chi connectivity index (χ1) is 5.77. The standard InChI is InChI=1S/C12H11/c1-9-7-10(2)12-6-4-3-5-11(12)8-9/h4-8H,1-2H3. The highest BCUT2D eigenvalue weighted by molar-refractivity contribution is 5.85. The maximum absolute atomic E-state index is 3.09. The molecule has 0 aliphatic heterocycles. The number of fused-ring (bicyclic) bond motifs is 1. The van der Waals surface area contributed by atoms with Crippen LogP contribution in [0, 0.1) is 19.9 Å². The van der Waals surface area contributed by atoms with Gasteiger partial charge < -0.3 is 0 Å². The van der Waals surface area contributed by atoms with Crippen molar-refractivity contribution in [1.82, 2.24) is 0 Å². The number of hydrogen-bond acceptors (Lipinski definition) is 0. The zero-order valence-electron chi connectivity index (χ0n) is 7.39. The summed E-state index contributed by atoms with van der Waals surface area (Å²) < 4.78 is 0. The lowest BCUT2D eigenvalue weighted by Crippen LogP contribution is -1.80. The van der Waals surface area contributed by atoms with Crippen LogP contribution in [0.1, 0.15) is 11.1 Å². The minimum absolute atomic E-state index is 1.29. The fourth-order valence-corrected chi connectivity index (χ4v) is 1.63. The van der Waals surface area contributed by atoms with Gasteiger partial charge in [0.2, 0.25) is 0 Å². The molecular weight excluding hydrogens is 144 g/mol. The van der Waals surface area contributed by atoms with Gasteiger partial charge in [0.15, 0.2) is 0 Å². The Balaban J connectivity index is 2.89. The second-order valence-corrected chi connectivity index (χ2v) is 3.23. The summed E-state index contributed by atoms with van der Waals surface area (Å²) in [6.07, 6.45) is 0. The van der Waals surface area contributed by atoms with E-state index < -0.39 is 0 Å². The molecule has 2 aromatic carbocycles. The second-order valence-electron chi connectivity index (χ2n) is 3.23. The maximum Gasteiger partial charge on any atom is -0.0154 e. The molecule has 12 heavy (non-hydrogen) atoms. The third-order valence-electron chi connectivity index (χ3n) is 2.15. The van der Waals surface area contributed by atoms with Crippen LogP contribution in [0.4, 0.5) is 0 Å². The molecule has 0 atom stereocenters. The Labute approximate surface area is 72.8 Å². The molecule has 0 aromatic heterocycles. The quantitative estimate of drug-likeness (QED) is 0.547. The smallest absolute Gasteiger partial charge is 0.0154 e. The summed E-state index contributed by atoms with van der Waals surface area (Å²) in [5.74, 6) is 0. The van der Waals surface area contributed by atoms with Gasteiger partial charge >= 0.3 is 0 Å². The van der Waals surface area contributed by atoms with E-state index in [0.29, 0.717) is 0 Å². The molecule has 0 aliphatic carbocycles. The van der Waals surface area contributed by atoms with Gasteiger partial charge in [-0.3, -0.25) is 0 Å². The van der Waals surface area contributed by atoms with Gasteiger partial charge in [0.25, 0.3) is 0 Å². The SMILES string of the molecule is Cc1cc(C)c2cc[c]cc2c1. The molecule has 2 rings (SSSR count). The minimum atomic E-state index is 1.29. The average molecular weight is 155 g/mol. The number of hydrogen-bond donors (Lipinski definition) is 0. The molecule has 0 bridgehead atoms. The Bertz CT molecular complexity index is 413. The van der Waals surface area contributed by atoms with Crippen LogP contribution >= 0.6 is 0 Å². The minimum Gasteiger partial charge on any atom is -0.0557 e. The van der Waals surface area contributed by atoms with Crippen molar-refractivity contribution in [2.24, 2.45) is 0 Å². The van der Waals surface area contributed by atoms with Crippen LogP contribution in [0.2, 0.25) is 0 Å². The molecule has 0 saturated heterocycles. The highest BCUT2D eigenvalue weighted by Gasteiger charge is 1.95.